The number of hydrogen-bond donors (Lipinski definition) is 3. The van der Waals surface area contributed by atoms with Crippen LogP contribution in [0.3, 0.4) is 0 Å². The topological polar surface area (TPSA) is 75.3 Å². The molecule has 1 amide bonds. The molecule has 0 saturated carbocycles. The van der Waals surface area contributed by atoms with E-state index in [0.29, 0.717) is 5.69 Å². The van der Waals surface area contributed by atoms with Crippen LogP contribution >= 0.6 is 0 Å². The number of nitrogens with two attached hydrogens (primary N) is 1. The summed E-state index contributed by atoms with van der Waals surface area (Å²) in [5.74, 6) is -0.169. The highest BCUT2D eigenvalue weighted by Gasteiger charge is 2.18. The minimum atomic E-state index is -0.570. The second kappa shape index (κ2) is 4.99. The number of phenolic OH excluding ortho intramolecular Hbond substituents is 1. The molecule has 4 nitrogen and oxygen atoms in total. The van der Waals surface area contributed by atoms with Gasteiger partial charge in [0.05, 0.1) is 11.7 Å². The number of phenols is 1. The Morgan fingerprint density at radius 2 is 2.06 bits per heavy atom. The summed E-state index contributed by atoms with van der Waals surface area (Å²) in [5.41, 5.74) is 7.07. The summed E-state index contributed by atoms with van der Waals surface area (Å²) >= 11 is 0. The van der Waals surface area contributed by atoms with E-state index in [1.54, 1.807) is 18.2 Å². The van der Waals surface area contributed by atoms with E-state index in [4.69, 9.17) is 5.73 Å². The van der Waals surface area contributed by atoms with Crippen molar-refractivity contribution in [1.29, 1.82) is 0 Å². The molecule has 0 aliphatic carbocycles. The van der Waals surface area contributed by atoms with Crippen molar-refractivity contribution < 1.29 is 9.90 Å². The fourth-order valence-corrected chi connectivity index (χ4v) is 1.27. The lowest BCUT2D eigenvalue weighted by molar-refractivity contribution is -0.118. The summed E-state index contributed by atoms with van der Waals surface area (Å²) in [5, 5.41) is 12.2. The van der Waals surface area contributed by atoms with Gasteiger partial charge in [-0.1, -0.05) is 19.9 Å². The van der Waals surface area contributed by atoms with Gasteiger partial charge in [-0.2, -0.15) is 0 Å². The molecule has 0 spiro atoms. The van der Waals surface area contributed by atoms with Crippen molar-refractivity contribution in [3.05, 3.63) is 23.8 Å². The summed E-state index contributed by atoms with van der Waals surface area (Å²) in [6, 6.07) is 4.46. The lowest BCUT2D eigenvalue weighted by Crippen LogP contribution is -2.39. The van der Waals surface area contributed by atoms with E-state index >= 15 is 0 Å². The number of aromatic hydroxyl groups is 1. The van der Waals surface area contributed by atoms with Crippen molar-refractivity contribution >= 4 is 11.6 Å². The van der Waals surface area contributed by atoms with Gasteiger partial charge >= 0.3 is 0 Å². The lowest BCUT2D eigenvalue weighted by Gasteiger charge is -2.16. The molecule has 4 heteroatoms. The second-order valence-corrected chi connectivity index (χ2v) is 4.28. The Kier molecular flexibility index (Phi) is 3.90. The van der Waals surface area contributed by atoms with Crippen LogP contribution < -0.4 is 11.1 Å². The Hall–Kier alpha value is -1.55. The molecular weight excluding hydrogens is 204 g/mol. The monoisotopic (exact) mass is 222 g/mol. The number of amides is 1. The van der Waals surface area contributed by atoms with Crippen LogP contribution in [0.5, 0.6) is 5.75 Å². The van der Waals surface area contributed by atoms with E-state index in [-0.39, 0.29) is 17.6 Å². The standard InChI is InChI=1S/C12H18N2O2/c1-7(2)11(13)12(16)14-9-6-8(3)4-5-10(9)15/h4-7,11,15H,13H2,1-3H3,(H,14,16)/t11-/m1/s1. The van der Waals surface area contributed by atoms with Gasteiger partial charge in [-0.05, 0) is 30.5 Å². The fourth-order valence-electron chi connectivity index (χ4n) is 1.27. The maximum Gasteiger partial charge on any atom is 0.241 e. The van der Waals surface area contributed by atoms with E-state index in [0.717, 1.165) is 5.56 Å². The molecule has 0 bridgehead atoms. The number of carbonyl (C=O) groups is 1. The van der Waals surface area contributed by atoms with Crippen LogP contribution in [0.2, 0.25) is 0 Å². The molecule has 0 aromatic heterocycles. The molecule has 1 atom stereocenters. The van der Waals surface area contributed by atoms with E-state index < -0.39 is 6.04 Å². The zero-order valence-electron chi connectivity index (χ0n) is 9.82. The maximum absolute atomic E-state index is 11.7. The van der Waals surface area contributed by atoms with Crippen molar-refractivity contribution in [1.82, 2.24) is 0 Å². The Morgan fingerprint density at radius 1 is 1.44 bits per heavy atom. The van der Waals surface area contributed by atoms with Crippen molar-refractivity contribution in [2.45, 2.75) is 26.8 Å². The summed E-state index contributed by atoms with van der Waals surface area (Å²) in [6.45, 7) is 5.64. The minimum absolute atomic E-state index is 0.0508. The second-order valence-electron chi connectivity index (χ2n) is 4.28. The van der Waals surface area contributed by atoms with Crippen LogP contribution in [-0.2, 0) is 4.79 Å². The molecule has 1 aromatic carbocycles. The number of carbonyl (C=O) groups excluding carboxylic acids is 1. The van der Waals surface area contributed by atoms with Crippen LogP contribution in [-0.4, -0.2) is 17.1 Å². The molecule has 1 rings (SSSR count). The molecule has 88 valence electrons. The quantitative estimate of drug-likeness (QED) is 0.680. The zero-order valence-corrected chi connectivity index (χ0v) is 9.82. The molecule has 0 radical (unpaired) electrons. The van der Waals surface area contributed by atoms with Gasteiger partial charge in [0, 0.05) is 0 Å². The fraction of sp³-hybridized carbons (Fsp3) is 0.417. The molecular formula is C12H18N2O2. The van der Waals surface area contributed by atoms with Crippen LogP contribution in [0.25, 0.3) is 0 Å². The molecule has 0 fully saturated rings. The van der Waals surface area contributed by atoms with E-state index in [1.807, 2.05) is 20.8 Å². The van der Waals surface area contributed by atoms with Crippen molar-refractivity contribution in [3.8, 4) is 5.75 Å². The highest BCUT2D eigenvalue weighted by molar-refractivity contribution is 5.96. The molecule has 0 heterocycles. The number of benzene rings is 1. The number of anilines is 1. The van der Waals surface area contributed by atoms with Crippen LogP contribution in [0.1, 0.15) is 19.4 Å². The SMILES string of the molecule is Cc1ccc(O)c(NC(=O)[C@H](N)C(C)C)c1. The van der Waals surface area contributed by atoms with Crippen LogP contribution in [0.4, 0.5) is 5.69 Å². The van der Waals surface area contributed by atoms with Gasteiger partial charge in [0.25, 0.3) is 0 Å². The van der Waals surface area contributed by atoms with Gasteiger partial charge in [0.1, 0.15) is 5.75 Å². The number of hydrogen-bond acceptors (Lipinski definition) is 3. The normalized spacial score (nSPS) is 12.6. The highest BCUT2D eigenvalue weighted by Crippen LogP contribution is 2.24. The maximum atomic E-state index is 11.7. The first-order chi connectivity index (χ1) is 7.41. The Labute approximate surface area is 95.5 Å². The number of rotatable bonds is 3. The minimum Gasteiger partial charge on any atom is -0.506 e. The van der Waals surface area contributed by atoms with Crippen LogP contribution in [0, 0.1) is 12.8 Å². The summed E-state index contributed by atoms with van der Waals surface area (Å²) in [4.78, 5) is 11.7. The highest BCUT2D eigenvalue weighted by atomic mass is 16.3. The average Bonchev–Trinajstić information content (AvgIpc) is 2.22. The third-order valence-corrected chi connectivity index (χ3v) is 2.43. The van der Waals surface area contributed by atoms with E-state index in [1.165, 1.54) is 0 Å². The van der Waals surface area contributed by atoms with E-state index in [9.17, 15) is 9.90 Å². The van der Waals surface area contributed by atoms with Gasteiger partial charge in [-0.3, -0.25) is 4.79 Å². The van der Waals surface area contributed by atoms with Gasteiger partial charge in [-0.25, -0.2) is 0 Å². The molecule has 0 aliphatic rings. The zero-order chi connectivity index (χ0) is 12.3. The molecule has 0 aliphatic heterocycles. The smallest absolute Gasteiger partial charge is 0.241 e. The number of aryl methyl sites for hydroxylation is 1. The predicted molar refractivity (Wildman–Crippen MR) is 64.3 cm³/mol. The van der Waals surface area contributed by atoms with E-state index in [2.05, 4.69) is 5.32 Å². The van der Waals surface area contributed by atoms with Crippen molar-refractivity contribution in [2.75, 3.05) is 5.32 Å². The lowest BCUT2D eigenvalue weighted by atomic mass is 10.0. The Bertz CT molecular complexity index is 389. The summed E-state index contributed by atoms with van der Waals surface area (Å²) in [6.07, 6.45) is 0. The first kappa shape index (κ1) is 12.5. The van der Waals surface area contributed by atoms with Crippen LogP contribution in [0.15, 0.2) is 18.2 Å². The number of nitrogens with one attached hydrogen (secondary N) is 1. The predicted octanol–water partition coefficient (Wildman–Crippen LogP) is 1.62. The molecule has 0 saturated heterocycles. The molecule has 0 unspecified atom stereocenters. The summed E-state index contributed by atoms with van der Waals surface area (Å²) in [7, 11) is 0. The Morgan fingerprint density at radius 3 is 2.62 bits per heavy atom. The van der Waals surface area contributed by atoms with Gasteiger partial charge in [-0.15, -0.1) is 0 Å². The first-order valence-corrected chi connectivity index (χ1v) is 5.28. The molecule has 16 heavy (non-hydrogen) atoms. The van der Waals surface area contributed by atoms with Gasteiger partial charge < -0.3 is 16.2 Å². The average molecular weight is 222 g/mol. The largest absolute Gasteiger partial charge is 0.506 e. The van der Waals surface area contributed by atoms with Crippen molar-refractivity contribution in [2.24, 2.45) is 11.7 Å². The first-order valence-electron chi connectivity index (χ1n) is 5.28. The summed E-state index contributed by atoms with van der Waals surface area (Å²) < 4.78 is 0. The van der Waals surface area contributed by atoms with Gasteiger partial charge in [0.2, 0.25) is 5.91 Å². The molecule has 1 aromatic rings. The molecule has 4 N–H and O–H groups in total. The third kappa shape index (κ3) is 2.97. The Balaban J connectivity index is 2.80. The third-order valence-electron chi connectivity index (χ3n) is 2.43. The van der Waals surface area contributed by atoms with Gasteiger partial charge in [0.15, 0.2) is 0 Å². The van der Waals surface area contributed by atoms with Crippen molar-refractivity contribution in [3.63, 3.8) is 0 Å².